The van der Waals surface area contributed by atoms with E-state index < -0.39 is 73.6 Å². The number of aliphatic hydroxyl groups excluding tert-OH is 6. The second kappa shape index (κ2) is 34.4. The molecule has 8 aromatic heterocycles. The predicted octanol–water partition coefficient (Wildman–Crippen LogP) is 8.66. The molecule has 8 aliphatic rings. The highest BCUT2D eigenvalue weighted by Gasteiger charge is 2.50. The number of carbonyl (C=O) groups excluding carboxylic acids is 1. The van der Waals surface area contributed by atoms with Gasteiger partial charge in [-0.2, -0.15) is 0 Å². The summed E-state index contributed by atoms with van der Waals surface area (Å²) < 4.78 is 23.4. The quantitative estimate of drug-likeness (QED) is 0.0254. The number of imidazole rings is 5. The number of amides is 2. The molecule has 16 N–H and O–H groups in total. The third-order valence-electron chi connectivity index (χ3n) is 26.7. The van der Waals surface area contributed by atoms with Crippen LogP contribution < -0.4 is 27.8 Å². The summed E-state index contributed by atoms with van der Waals surface area (Å²) in [6.45, 7) is 17.3. The Kier molecular flexibility index (Phi) is 23.8. The van der Waals surface area contributed by atoms with Crippen molar-refractivity contribution in [3.63, 3.8) is 0 Å². The number of pyridine rings is 1. The molecule has 5 aliphatic carbocycles. The number of aliphatic hydroxyl groups is 6. The number of nitrogens with two attached hydrogens (primary N) is 3. The fourth-order valence-electron chi connectivity index (χ4n) is 18.8. The SMILES string of the molecule is CC(C)N(C[C@H]1O[C@@H](n2cnc3c(N)ncnc32)[C@H](O)[C@@H]1O)C1CC(CCc2nc3ccc(C4CC4)cc3[nH]2)C1.CC(C)N(C[C@H]1O[C@@H](n2cnc3c(N)ncnc32)[C@H](O)[C@@H]1O)C1CC(CCc2nc3ccc(C4CCC4)cc3[nH]2)C1.CN(C[C@H]1O[C@@H](n2cnc3c(N)ccnc32)[C@H](O)[C@@H]1O)C1CC(CNC(=O)Nc2ccc(C(C)(C)C)cc2)C1. The van der Waals surface area contributed by atoms with E-state index in [2.05, 4.69) is 160 Å². The molecule has 33 heteroatoms. The van der Waals surface area contributed by atoms with Crippen LogP contribution in [-0.4, -0.2) is 243 Å². The van der Waals surface area contributed by atoms with Gasteiger partial charge in [0, 0.05) is 81.1 Å². The molecule has 2 amide bonds. The number of hydrogen-bond donors (Lipinski definition) is 13. The van der Waals surface area contributed by atoms with Crippen molar-refractivity contribution in [1.82, 2.24) is 93.5 Å². The molecule has 3 aliphatic heterocycles. The standard InChI is InChI=1S/C30H40N8O3.C29H38N8O3.C28H39N7O4/c1-16(2)37(13-23-26(39)27(40)30(41-23)38-15-34-25-28(31)32-14-33-29(25)38)20-10-17(11-20)6-9-24-35-21-8-7-19(12-22(21)36-24)18-4-3-5-18;1-15(2)36(12-22-25(38)26(39)29(40-22)37-14-33-24-27(30)31-13-32-28(24)37)19-9-16(10-19)3-8-23-34-20-7-6-18(17-4-5-17)11-21(20)35-23;1-28(2,3)17-5-7-18(8-6-17)33-27(38)31-13-16-11-19(12-16)34(4)14-21-23(36)24(37)26(39-21)35-15-32-22-20(29)9-10-30-25(22)35/h7-8,12,14-18,20,23,26-27,30,39-40H,3-6,9-11,13H2,1-2H3,(H,35,36)(H2,31,32,33);6-7,11,13-17,19,22,25-26,29,38-39H,3-5,8-10,12H2,1-2H3,(H,34,35)(H2,30,31,32);5-10,15-16,19,21,23-24,26,36-37H,11-14H2,1-4H3,(H2,29,30)(H2,31,33,38)/t17?,20?,23-,26-,27-,30-;16?,19?,22-,25-,26-,29-;16?,19?,21-,23-,24-,26-/m111/s1. The number of anilines is 4. The van der Waals surface area contributed by atoms with Gasteiger partial charge >= 0.3 is 6.03 Å². The Labute approximate surface area is 696 Å². The lowest BCUT2D eigenvalue weighted by atomic mass is 9.76. The van der Waals surface area contributed by atoms with Crippen LogP contribution in [0.5, 0.6) is 0 Å². The Balaban J connectivity index is 0.000000129. The van der Waals surface area contributed by atoms with E-state index in [-0.39, 0.29) is 35.2 Å². The van der Waals surface area contributed by atoms with Gasteiger partial charge in [-0.1, -0.05) is 51.5 Å². The lowest BCUT2D eigenvalue weighted by Crippen LogP contribution is -2.52. The van der Waals surface area contributed by atoms with Gasteiger partial charge in [0.25, 0.3) is 0 Å². The maximum atomic E-state index is 12.4. The Morgan fingerprint density at radius 1 is 0.533 bits per heavy atom. The molecule has 0 radical (unpaired) electrons. The van der Waals surface area contributed by atoms with E-state index >= 15 is 0 Å². The number of ether oxygens (including phenoxy) is 3. The summed E-state index contributed by atoms with van der Waals surface area (Å²) in [5.41, 5.74) is 30.6. The number of rotatable bonds is 25. The van der Waals surface area contributed by atoms with Crippen LogP contribution in [0.15, 0.2) is 105 Å². The molecule has 0 bridgehead atoms. The van der Waals surface area contributed by atoms with Crippen LogP contribution in [0.25, 0.3) is 55.6 Å². The van der Waals surface area contributed by atoms with E-state index in [9.17, 15) is 35.4 Å². The summed E-state index contributed by atoms with van der Waals surface area (Å²) in [7, 11) is 1.99. The van der Waals surface area contributed by atoms with Gasteiger partial charge in [0.15, 0.2) is 47.3 Å². The fourth-order valence-corrected chi connectivity index (χ4v) is 18.8. The minimum Gasteiger partial charge on any atom is -0.397 e. The van der Waals surface area contributed by atoms with E-state index in [4.69, 9.17) is 41.4 Å². The van der Waals surface area contributed by atoms with Crippen molar-refractivity contribution in [2.45, 2.75) is 266 Å². The topological polar surface area (TPSA) is 453 Å². The second-order valence-corrected chi connectivity index (χ2v) is 36.6. The van der Waals surface area contributed by atoms with Crippen LogP contribution in [-0.2, 0) is 32.5 Å². The van der Waals surface area contributed by atoms with Crippen molar-refractivity contribution in [2.24, 2.45) is 17.8 Å². The minimum absolute atomic E-state index is 0.0691. The Hall–Kier alpha value is -9.49. The van der Waals surface area contributed by atoms with E-state index in [1.807, 2.05) is 31.3 Å². The highest BCUT2D eigenvalue weighted by Crippen LogP contribution is 2.45. The number of fused-ring (bicyclic) bond motifs is 5. The summed E-state index contributed by atoms with van der Waals surface area (Å²) in [5, 5.41) is 71.0. The van der Waals surface area contributed by atoms with Gasteiger partial charge in [0.05, 0.1) is 46.7 Å². The molecule has 3 aromatic carbocycles. The fraction of sp³-hybridized carbons (Fsp3) is 0.575. The molecule has 19 rings (SSSR count). The van der Waals surface area contributed by atoms with Crippen LogP contribution in [0, 0.1) is 17.8 Å². The monoisotopic (exact) mass is 1640 g/mol. The van der Waals surface area contributed by atoms with Crippen LogP contribution in [0.1, 0.15) is 191 Å². The summed E-state index contributed by atoms with van der Waals surface area (Å²) >= 11 is 0. The first-order valence-corrected chi connectivity index (χ1v) is 43.0. The Morgan fingerprint density at radius 3 is 1.42 bits per heavy atom. The van der Waals surface area contributed by atoms with Gasteiger partial charge in [-0.05, 0) is 206 Å². The van der Waals surface area contributed by atoms with Crippen molar-refractivity contribution in [1.29, 1.82) is 0 Å². The molecule has 0 unspecified atom stereocenters. The molecular weight excluding hydrogens is 1530 g/mol. The molecule has 120 heavy (non-hydrogen) atoms. The number of aryl methyl sites for hydroxylation is 2. The Bertz CT molecular complexity index is 5370. The van der Waals surface area contributed by atoms with E-state index in [1.54, 1.807) is 26.0 Å². The average Bonchev–Trinajstić information content (AvgIpc) is 1.62. The number of nitrogen functional groups attached to an aromatic ring is 3. The lowest BCUT2D eigenvalue weighted by molar-refractivity contribution is -0.0620. The number of likely N-dealkylation sites (N-methyl/N-ethyl adjacent to an activating group) is 1. The third-order valence-corrected chi connectivity index (χ3v) is 26.7. The predicted molar refractivity (Wildman–Crippen MR) is 455 cm³/mol. The third kappa shape index (κ3) is 17.3. The zero-order valence-electron chi connectivity index (χ0n) is 69.7. The zero-order chi connectivity index (χ0) is 83.7. The molecular formula is C87H117N23O10. The van der Waals surface area contributed by atoms with Crippen LogP contribution in [0.2, 0.25) is 0 Å². The van der Waals surface area contributed by atoms with Gasteiger partial charge in [0.2, 0.25) is 0 Å². The summed E-state index contributed by atoms with van der Waals surface area (Å²) in [5.74, 6) is 5.84. The first-order valence-electron chi connectivity index (χ1n) is 43.0. The first-order chi connectivity index (χ1) is 57.7. The zero-order valence-corrected chi connectivity index (χ0v) is 69.7. The molecule has 3 saturated heterocycles. The molecule has 5 saturated carbocycles. The summed E-state index contributed by atoms with van der Waals surface area (Å²) in [6, 6.07) is 24.5. The summed E-state index contributed by atoms with van der Waals surface area (Å²) in [4.78, 5) is 69.8. The highest BCUT2D eigenvalue weighted by atomic mass is 16.6. The van der Waals surface area contributed by atoms with E-state index in [0.29, 0.717) is 101 Å². The second-order valence-electron chi connectivity index (χ2n) is 36.6. The van der Waals surface area contributed by atoms with Crippen molar-refractivity contribution < 1.29 is 49.6 Å². The van der Waals surface area contributed by atoms with Gasteiger partial charge in [-0.25, -0.2) is 54.6 Å². The highest BCUT2D eigenvalue weighted by molar-refractivity contribution is 5.89. The number of nitrogens with zero attached hydrogens (tertiary/aromatic N) is 16. The van der Waals surface area contributed by atoms with Crippen molar-refractivity contribution in [2.75, 3.05) is 55.7 Å². The molecule has 12 atom stereocenters. The van der Waals surface area contributed by atoms with Crippen molar-refractivity contribution in [3.05, 3.63) is 133 Å². The van der Waals surface area contributed by atoms with Crippen molar-refractivity contribution >= 4 is 84.6 Å². The maximum absolute atomic E-state index is 12.4. The number of benzene rings is 3. The van der Waals surface area contributed by atoms with Gasteiger partial charge in [-0.15, -0.1) is 0 Å². The molecule has 33 nitrogen and oxygen atoms in total. The van der Waals surface area contributed by atoms with Gasteiger partial charge in [-0.3, -0.25) is 23.5 Å². The number of H-pyrrole nitrogens is 2. The molecule has 0 spiro atoms. The smallest absolute Gasteiger partial charge is 0.319 e. The Morgan fingerprint density at radius 2 is 0.975 bits per heavy atom. The molecule has 11 heterocycles. The molecule has 8 fully saturated rings. The van der Waals surface area contributed by atoms with Crippen molar-refractivity contribution in [3.8, 4) is 0 Å². The largest absolute Gasteiger partial charge is 0.397 e. The van der Waals surface area contributed by atoms with Crippen LogP contribution in [0.3, 0.4) is 0 Å². The van der Waals surface area contributed by atoms with Crippen LogP contribution >= 0.6 is 0 Å². The number of hydrogen-bond acceptors (Lipinski definition) is 26. The average molecular weight is 1650 g/mol. The first kappa shape index (κ1) is 82.8. The summed E-state index contributed by atoms with van der Waals surface area (Å²) in [6.07, 6.45) is 15.5. The van der Waals surface area contributed by atoms with Gasteiger partial charge < -0.3 is 87.6 Å². The number of aromatic amines is 2. The lowest BCUT2D eigenvalue weighted by Gasteiger charge is -2.46. The number of nitrogens with one attached hydrogen (secondary N) is 4. The number of urea groups is 1. The van der Waals surface area contributed by atoms with Crippen LogP contribution in [0.4, 0.5) is 27.8 Å². The molecule has 11 aromatic rings. The number of carbonyl (C=O) groups is 1. The van der Waals surface area contributed by atoms with E-state index in [1.165, 1.54) is 80.4 Å². The molecule has 640 valence electrons. The minimum atomic E-state index is -1.12. The number of aromatic nitrogens is 15. The van der Waals surface area contributed by atoms with Gasteiger partial charge in [0.1, 0.15) is 95.8 Å². The maximum Gasteiger partial charge on any atom is 0.319 e. The normalized spacial score (nSPS) is 28.2. The van der Waals surface area contributed by atoms with E-state index in [0.717, 1.165) is 115 Å².